The first-order valence-electron chi connectivity index (χ1n) is 4.85. The summed E-state index contributed by atoms with van der Waals surface area (Å²) < 4.78 is 18.7. The van der Waals surface area contributed by atoms with Crippen LogP contribution in [0.4, 0.5) is 4.39 Å². The minimum absolute atomic E-state index is 0.0274. The Morgan fingerprint density at radius 3 is 2.67 bits per heavy atom. The number of nitrogens with two attached hydrogens (primary N) is 1. The number of hydrogen-bond donors (Lipinski definition) is 1. The molecule has 2 N–H and O–H groups in total. The molecule has 1 aromatic heterocycles. The summed E-state index contributed by atoms with van der Waals surface area (Å²) in [6, 6.07) is 0. The molecule has 1 aromatic rings. The van der Waals surface area contributed by atoms with Crippen LogP contribution in [-0.2, 0) is 6.42 Å². The van der Waals surface area contributed by atoms with E-state index in [4.69, 9.17) is 10.5 Å². The van der Waals surface area contributed by atoms with E-state index in [1.54, 1.807) is 13.8 Å². The Labute approximate surface area is 88.7 Å². The van der Waals surface area contributed by atoms with E-state index in [1.165, 1.54) is 6.33 Å². The van der Waals surface area contributed by atoms with E-state index in [1.807, 2.05) is 6.92 Å². The molecule has 0 spiro atoms. The minimum atomic E-state index is -0.510. The summed E-state index contributed by atoms with van der Waals surface area (Å²) in [5, 5.41) is 0. The van der Waals surface area contributed by atoms with Crippen molar-refractivity contribution in [2.75, 3.05) is 6.61 Å². The largest absolute Gasteiger partial charge is 0.474 e. The Morgan fingerprint density at radius 2 is 2.13 bits per heavy atom. The van der Waals surface area contributed by atoms with Crippen LogP contribution in [0.5, 0.6) is 5.88 Å². The highest BCUT2D eigenvalue weighted by Crippen LogP contribution is 2.16. The number of nitrogens with zero attached hydrogens (tertiary/aromatic N) is 2. The lowest BCUT2D eigenvalue weighted by Crippen LogP contribution is -2.39. The fourth-order valence-corrected chi connectivity index (χ4v) is 0.989. The van der Waals surface area contributed by atoms with Crippen LogP contribution < -0.4 is 10.5 Å². The molecule has 0 unspecified atom stereocenters. The highest BCUT2D eigenvalue weighted by atomic mass is 19.1. The first kappa shape index (κ1) is 11.8. The lowest BCUT2D eigenvalue weighted by atomic mass is 10.1. The Kier molecular flexibility index (Phi) is 3.57. The second-order valence-electron chi connectivity index (χ2n) is 4.07. The third kappa shape index (κ3) is 3.43. The maximum absolute atomic E-state index is 13.6. The van der Waals surface area contributed by atoms with Gasteiger partial charge in [0.15, 0.2) is 0 Å². The summed E-state index contributed by atoms with van der Waals surface area (Å²) in [5.74, 6) is -0.523. The molecule has 4 nitrogen and oxygen atoms in total. The van der Waals surface area contributed by atoms with Crippen LogP contribution in [0.2, 0.25) is 0 Å². The zero-order valence-corrected chi connectivity index (χ0v) is 9.25. The highest BCUT2D eigenvalue weighted by Gasteiger charge is 2.16. The summed E-state index contributed by atoms with van der Waals surface area (Å²) in [6.07, 6.45) is 1.80. The van der Waals surface area contributed by atoms with E-state index in [-0.39, 0.29) is 12.5 Å². The normalized spacial score (nSPS) is 11.5. The first-order chi connectivity index (χ1) is 6.94. The molecule has 0 aliphatic carbocycles. The van der Waals surface area contributed by atoms with Crippen LogP contribution in [0.25, 0.3) is 0 Å². The Morgan fingerprint density at radius 1 is 1.47 bits per heavy atom. The van der Waals surface area contributed by atoms with Crippen LogP contribution in [0.15, 0.2) is 6.33 Å². The molecule has 5 heteroatoms. The van der Waals surface area contributed by atoms with Crippen molar-refractivity contribution < 1.29 is 9.13 Å². The quantitative estimate of drug-likeness (QED) is 0.818. The van der Waals surface area contributed by atoms with Gasteiger partial charge in [-0.2, -0.15) is 9.37 Å². The van der Waals surface area contributed by atoms with Gasteiger partial charge in [0.05, 0.1) is 5.69 Å². The van der Waals surface area contributed by atoms with Gasteiger partial charge >= 0.3 is 0 Å². The van der Waals surface area contributed by atoms with E-state index in [2.05, 4.69) is 9.97 Å². The summed E-state index contributed by atoms with van der Waals surface area (Å²) in [4.78, 5) is 7.53. The lowest BCUT2D eigenvalue weighted by Gasteiger charge is -2.18. The van der Waals surface area contributed by atoms with Gasteiger partial charge in [-0.1, -0.05) is 6.92 Å². The third-order valence-corrected chi connectivity index (χ3v) is 1.75. The topological polar surface area (TPSA) is 61.0 Å². The number of rotatable bonds is 4. The fourth-order valence-electron chi connectivity index (χ4n) is 0.989. The van der Waals surface area contributed by atoms with E-state index < -0.39 is 11.4 Å². The van der Waals surface area contributed by atoms with Gasteiger partial charge in [-0.05, 0) is 20.3 Å². The maximum Gasteiger partial charge on any atom is 0.253 e. The molecule has 0 atom stereocenters. The summed E-state index contributed by atoms with van der Waals surface area (Å²) in [5.41, 5.74) is 5.56. The molecule has 15 heavy (non-hydrogen) atoms. The van der Waals surface area contributed by atoms with Crippen molar-refractivity contribution in [1.82, 2.24) is 9.97 Å². The zero-order chi connectivity index (χ0) is 11.5. The molecule has 0 radical (unpaired) electrons. The van der Waals surface area contributed by atoms with Crippen LogP contribution in [0, 0.1) is 5.82 Å². The van der Waals surface area contributed by atoms with Crippen molar-refractivity contribution in [2.45, 2.75) is 32.7 Å². The third-order valence-electron chi connectivity index (χ3n) is 1.75. The molecule has 0 aromatic carbocycles. The molecule has 0 saturated heterocycles. The average Bonchev–Trinajstić information content (AvgIpc) is 2.15. The molecular formula is C10H16FN3O. The second-order valence-corrected chi connectivity index (χ2v) is 4.07. The number of aromatic nitrogens is 2. The highest BCUT2D eigenvalue weighted by molar-refractivity contribution is 5.17. The van der Waals surface area contributed by atoms with Gasteiger partial charge in [0, 0.05) is 5.54 Å². The Balaban J connectivity index is 2.78. The van der Waals surface area contributed by atoms with Crippen molar-refractivity contribution in [3.63, 3.8) is 0 Å². The smallest absolute Gasteiger partial charge is 0.253 e. The predicted molar refractivity (Wildman–Crippen MR) is 55.1 cm³/mol. The van der Waals surface area contributed by atoms with Crippen LogP contribution in [0.3, 0.4) is 0 Å². The fraction of sp³-hybridized carbons (Fsp3) is 0.600. The number of hydrogen-bond acceptors (Lipinski definition) is 4. The van der Waals surface area contributed by atoms with Crippen LogP contribution >= 0.6 is 0 Å². The second kappa shape index (κ2) is 4.53. The van der Waals surface area contributed by atoms with Crippen LogP contribution in [0.1, 0.15) is 26.5 Å². The summed E-state index contributed by atoms with van der Waals surface area (Å²) in [7, 11) is 0. The van der Waals surface area contributed by atoms with Crippen molar-refractivity contribution in [2.24, 2.45) is 5.73 Å². The maximum atomic E-state index is 13.6. The molecule has 1 heterocycles. The van der Waals surface area contributed by atoms with Crippen molar-refractivity contribution in [3.8, 4) is 5.88 Å². The average molecular weight is 213 g/mol. The molecule has 84 valence electrons. The SMILES string of the molecule is CCc1ncnc(OCC(C)(C)N)c1F. The summed E-state index contributed by atoms with van der Waals surface area (Å²) in [6.45, 7) is 5.63. The number of halogens is 1. The van der Waals surface area contributed by atoms with Gasteiger partial charge in [-0.25, -0.2) is 4.98 Å². The van der Waals surface area contributed by atoms with Gasteiger partial charge in [-0.3, -0.25) is 0 Å². The molecule has 0 bridgehead atoms. The summed E-state index contributed by atoms with van der Waals surface area (Å²) >= 11 is 0. The monoisotopic (exact) mass is 213 g/mol. The van der Waals surface area contributed by atoms with Crippen LogP contribution in [-0.4, -0.2) is 22.1 Å². The van der Waals surface area contributed by atoms with E-state index >= 15 is 0 Å². The van der Waals surface area contributed by atoms with Crippen molar-refractivity contribution in [1.29, 1.82) is 0 Å². The number of aryl methyl sites for hydroxylation is 1. The van der Waals surface area contributed by atoms with Crippen molar-refractivity contribution in [3.05, 3.63) is 17.8 Å². The first-order valence-corrected chi connectivity index (χ1v) is 4.85. The molecule has 0 aliphatic heterocycles. The molecular weight excluding hydrogens is 197 g/mol. The predicted octanol–water partition coefficient (Wildman–Crippen LogP) is 1.29. The van der Waals surface area contributed by atoms with Gasteiger partial charge in [0.1, 0.15) is 12.9 Å². The Bertz CT molecular complexity index is 336. The molecule has 1 rings (SSSR count). The van der Waals surface area contributed by atoms with E-state index in [0.717, 1.165) is 0 Å². The van der Waals surface area contributed by atoms with Gasteiger partial charge in [0.25, 0.3) is 5.88 Å². The zero-order valence-electron chi connectivity index (χ0n) is 9.25. The minimum Gasteiger partial charge on any atom is -0.474 e. The molecule has 0 amide bonds. The van der Waals surface area contributed by atoms with Gasteiger partial charge in [-0.15, -0.1) is 0 Å². The van der Waals surface area contributed by atoms with Gasteiger partial charge < -0.3 is 10.5 Å². The van der Waals surface area contributed by atoms with E-state index in [0.29, 0.717) is 12.1 Å². The molecule has 0 saturated carbocycles. The Hall–Kier alpha value is -1.23. The lowest BCUT2D eigenvalue weighted by molar-refractivity contribution is 0.223. The molecule has 0 fully saturated rings. The van der Waals surface area contributed by atoms with Gasteiger partial charge in [0.2, 0.25) is 5.82 Å². The standard InChI is InChI=1S/C10H16FN3O/c1-4-7-8(11)9(14-6-13-7)15-5-10(2,3)12/h6H,4-5,12H2,1-3H3. The molecule has 0 aliphatic rings. The van der Waals surface area contributed by atoms with E-state index in [9.17, 15) is 4.39 Å². The van der Waals surface area contributed by atoms with Crippen molar-refractivity contribution >= 4 is 0 Å². The number of ether oxygens (including phenoxy) is 1.